The molecule has 1 N–H and O–H groups in total. The number of amides is 1. The second kappa shape index (κ2) is 8.31. The van der Waals surface area contributed by atoms with E-state index in [9.17, 15) is 9.18 Å². The van der Waals surface area contributed by atoms with Gasteiger partial charge in [0.15, 0.2) is 5.82 Å². The van der Waals surface area contributed by atoms with Gasteiger partial charge in [-0.15, -0.1) is 0 Å². The summed E-state index contributed by atoms with van der Waals surface area (Å²) in [4.78, 5) is 21.3. The summed E-state index contributed by atoms with van der Waals surface area (Å²) in [5, 5.41) is 3.68. The molecule has 3 rings (SSSR count). The van der Waals surface area contributed by atoms with Crippen molar-refractivity contribution in [3.8, 4) is 11.4 Å². The van der Waals surface area contributed by atoms with E-state index in [1.807, 2.05) is 45.0 Å². The fourth-order valence-corrected chi connectivity index (χ4v) is 3.42. The highest BCUT2D eigenvalue weighted by Gasteiger charge is 2.10. The van der Waals surface area contributed by atoms with Gasteiger partial charge in [-0.2, -0.15) is 0 Å². The molecule has 0 aliphatic carbocycles. The molecule has 0 saturated carbocycles. The molecule has 2 aromatic carbocycles. The van der Waals surface area contributed by atoms with Gasteiger partial charge in [0.1, 0.15) is 10.8 Å². The van der Waals surface area contributed by atoms with Crippen molar-refractivity contribution in [1.82, 2.24) is 9.97 Å². The Morgan fingerprint density at radius 2 is 1.70 bits per heavy atom. The smallest absolute Gasteiger partial charge is 0.234 e. The quantitative estimate of drug-likeness (QED) is 0.502. The molecule has 1 heterocycles. The molecule has 138 valence electrons. The zero-order chi connectivity index (χ0) is 19.4. The van der Waals surface area contributed by atoms with Gasteiger partial charge in [-0.25, -0.2) is 14.4 Å². The molecule has 0 saturated heterocycles. The van der Waals surface area contributed by atoms with Crippen LogP contribution in [0.5, 0.6) is 0 Å². The van der Waals surface area contributed by atoms with Crippen molar-refractivity contribution in [2.45, 2.75) is 25.8 Å². The maximum atomic E-state index is 13.1. The second-order valence-electron chi connectivity index (χ2n) is 6.28. The van der Waals surface area contributed by atoms with Crippen molar-refractivity contribution in [3.63, 3.8) is 0 Å². The summed E-state index contributed by atoms with van der Waals surface area (Å²) in [5.74, 6) is 0.376. The molecule has 3 aromatic rings. The number of halogens is 1. The van der Waals surface area contributed by atoms with Crippen LogP contribution in [-0.2, 0) is 4.79 Å². The molecule has 0 bridgehead atoms. The lowest BCUT2D eigenvalue weighted by atomic mass is 10.1. The molecule has 0 unspecified atom stereocenters. The predicted molar refractivity (Wildman–Crippen MR) is 107 cm³/mol. The first-order valence-electron chi connectivity index (χ1n) is 8.53. The number of nitrogens with zero attached hydrogens (tertiary/aromatic N) is 2. The Labute approximate surface area is 162 Å². The zero-order valence-corrected chi connectivity index (χ0v) is 16.2. The van der Waals surface area contributed by atoms with Crippen LogP contribution in [0.1, 0.15) is 16.8 Å². The van der Waals surface area contributed by atoms with Crippen molar-refractivity contribution in [1.29, 1.82) is 0 Å². The lowest BCUT2D eigenvalue weighted by Gasteiger charge is -2.11. The zero-order valence-electron chi connectivity index (χ0n) is 15.4. The molecule has 0 fully saturated rings. The number of anilines is 1. The van der Waals surface area contributed by atoms with Crippen LogP contribution in [0.2, 0.25) is 0 Å². The maximum absolute atomic E-state index is 13.1. The van der Waals surface area contributed by atoms with Gasteiger partial charge in [0.2, 0.25) is 5.91 Å². The maximum Gasteiger partial charge on any atom is 0.234 e. The number of thioether (sulfide) groups is 1. The van der Waals surface area contributed by atoms with Crippen LogP contribution >= 0.6 is 11.8 Å². The van der Waals surface area contributed by atoms with Crippen molar-refractivity contribution in [2.24, 2.45) is 0 Å². The summed E-state index contributed by atoms with van der Waals surface area (Å²) in [5.41, 5.74) is 4.45. The Bertz CT molecular complexity index is 953. The average molecular weight is 381 g/mol. The number of aryl methyl sites for hydroxylation is 3. The average Bonchev–Trinajstić information content (AvgIpc) is 2.63. The second-order valence-corrected chi connectivity index (χ2v) is 7.28. The van der Waals surface area contributed by atoms with E-state index in [4.69, 9.17) is 0 Å². The number of para-hydroxylation sites is 1. The standard InChI is InChI=1S/C21H20FN3OS/c1-13-5-4-6-14(2)20(13)24-18(26)12-27-19-11-15(3)23-21(25-19)16-7-9-17(22)10-8-16/h4-11H,12H2,1-3H3,(H,24,26). The van der Waals surface area contributed by atoms with E-state index in [0.717, 1.165) is 28.1 Å². The van der Waals surface area contributed by atoms with Crippen LogP contribution < -0.4 is 5.32 Å². The van der Waals surface area contributed by atoms with E-state index >= 15 is 0 Å². The normalized spacial score (nSPS) is 10.7. The number of carbonyl (C=O) groups is 1. The molecule has 0 aliphatic heterocycles. The molecular formula is C21H20FN3OS. The van der Waals surface area contributed by atoms with E-state index in [1.165, 1.54) is 23.9 Å². The number of carbonyl (C=O) groups excluding carboxylic acids is 1. The topological polar surface area (TPSA) is 54.9 Å². The van der Waals surface area contributed by atoms with E-state index in [1.54, 1.807) is 12.1 Å². The third-order valence-electron chi connectivity index (χ3n) is 4.03. The number of rotatable bonds is 5. The first-order valence-corrected chi connectivity index (χ1v) is 9.51. The number of benzene rings is 2. The summed E-state index contributed by atoms with van der Waals surface area (Å²) < 4.78 is 13.1. The van der Waals surface area contributed by atoms with E-state index < -0.39 is 0 Å². The summed E-state index contributed by atoms with van der Waals surface area (Å²) in [6.45, 7) is 5.81. The van der Waals surface area contributed by atoms with Gasteiger partial charge >= 0.3 is 0 Å². The summed E-state index contributed by atoms with van der Waals surface area (Å²) in [6.07, 6.45) is 0. The van der Waals surface area contributed by atoms with E-state index in [0.29, 0.717) is 10.9 Å². The highest BCUT2D eigenvalue weighted by atomic mass is 32.2. The number of nitrogens with one attached hydrogen (secondary N) is 1. The van der Waals surface area contributed by atoms with Crippen molar-refractivity contribution in [2.75, 3.05) is 11.1 Å². The molecule has 0 radical (unpaired) electrons. The fraction of sp³-hybridized carbons (Fsp3) is 0.190. The van der Waals surface area contributed by atoms with Crippen molar-refractivity contribution >= 4 is 23.4 Å². The van der Waals surface area contributed by atoms with Gasteiger partial charge < -0.3 is 5.32 Å². The lowest BCUT2D eigenvalue weighted by molar-refractivity contribution is -0.113. The third-order valence-corrected chi connectivity index (χ3v) is 4.94. The van der Waals surface area contributed by atoms with Crippen LogP contribution in [0, 0.1) is 26.6 Å². The summed E-state index contributed by atoms with van der Waals surface area (Å²) in [6, 6.07) is 13.8. The fourth-order valence-electron chi connectivity index (χ4n) is 2.67. The highest BCUT2D eigenvalue weighted by molar-refractivity contribution is 7.99. The van der Waals surface area contributed by atoms with Gasteiger partial charge in [-0.05, 0) is 62.2 Å². The molecule has 0 aliphatic rings. The van der Waals surface area contributed by atoms with Crippen LogP contribution in [-0.4, -0.2) is 21.6 Å². The molecule has 0 spiro atoms. The molecule has 4 nitrogen and oxygen atoms in total. The Hall–Kier alpha value is -2.73. The van der Waals surface area contributed by atoms with Crippen LogP contribution in [0.4, 0.5) is 10.1 Å². The van der Waals surface area contributed by atoms with E-state index in [-0.39, 0.29) is 17.5 Å². The predicted octanol–water partition coefficient (Wildman–Crippen LogP) is 4.94. The van der Waals surface area contributed by atoms with Gasteiger partial charge in [-0.3, -0.25) is 4.79 Å². The molecule has 27 heavy (non-hydrogen) atoms. The Balaban J connectivity index is 1.70. The summed E-state index contributed by atoms with van der Waals surface area (Å²) in [7, 11) is 0. The molecule has 1 amide bonds. The van der Waals surface area contributed by atoms with Gasteiger partial charge in [0.05, 0.1) is 5.75 Å². The largest absolute Gasteiger partial charge is 0.325 e. The molecule has 6 heteroatoms. The first-order chi connectivity index (χ1) is 12.9. The molecule has 0 atom stereocenters. The van der Waals surface area contributed by atoms with Gasteiger partial charge in [0, 0.05) is 16.9 Å². The van der Waals surface area contributed by atoms with E-state index in [2.05, 4.69) is 15.3 Å². The third kappa shape index (κ3) is 4.92. The minimum Gasteiger partial charge on any atom is -0.325 e. The SMILES string of the molecule is Cc1cc(SCC(=O)Nc2c(C)cccc2C)nc(-c2ccc(F)cc2)n1. The number of aromatic nitrogens is 2. The minimum atomic E-state index is -0.302. The number of hydrogen-bond acceptors (Lipinski definition) is 4. The Morgan fingerprint density at radius 3 is 2.37 bits per heavy atom. The minimum absolute atomic E-state index is 0.0861. The lowest BCUT2D eigenvalue weighted by Crippen LogP contribution is -2.16. The van der Waals surface area contributed by atoms with Gasteiger partial charge in [-0.1, -0.05) is 30.0 Å². The Morgan fingerprint density at radius 1 is 1.04 bits per heavy atom. The van der Waals surface area contributed by atoms with Crippen molar-refractivity contribution in [3.05, 3.63) is 71.2 Å². The van der Waals surface area contributed by atoms with Crippen molar-refractivity contribution < 1.29 is 9.18 Å². The van der Waals surface area contributed by atoms with Crippen LogP contribution in [0.3, 0.4) is 0 Å². The first kappa shape index (κ1) is 19.0. The monoisotopic (exact) mass is 381 g/mol. The summed E-state index contributed by atoms with van der Waals surface area (Å²) >= 11 is 1.35. The molecular weight excluding hydrogens is 361 g/mol. The highest BCUT2D eigenvalue weighted by Crippen LogP contribution is 2.23. The van der Waals surface area contributed by atoms with Crippen LogP contribution in [0.15, 0.2) is 53.6 Å². The molecule has 1 aromatic heterocycles. The number of hydrogen-bond donors (Lipinski definition) is 1. The van der Waals surface area contributed by atoms with Gasteiger partial charge in [0.25, 0.3) is 0 Å². The Kier molecular flexibility index (Phi) is 5.86. The van der Waals surface area contributed by atoms with Crippen LogP contribution in [0.25, 0.3) is 11.4 Å².